The zero-order valence-corrected chi connectivity index (χ0v) is 32.5. The van der Waals surface area contributed by atoms with Gasteiger partial charge in [-0.2, -0.15) is 0 Å². The van der Waals surface area contributed by atoms with E-state index in [9.17, 15) is 0 Å². The molecule has 7 aromatic carbocycles. The predicted molar refractivity (Wildman–Crippen MR) is 245 cm³/mol. The van der Waals surface area contributed by atoms with Gasteiger partial charge in [-0.3, -0.25) is 0 Å². The minimum absolute atomic E-state index is 0.133. The Kier molecular flexibility index (Phi) is 7.67. The zero-order chi connectivity index (χ0) is 38.2. The molecule has 0 saturated heterocycles. The summed E-state index contributed by atoms with van der Waals surface area (Å²) in [6.45, 7) is 0. The Hall–Kier alpha value is -6.88. The van der Waals surface area contributed by atoms with Gasteiger partial charge in [-0.05, 0) is 113 Å². The first-order valence-corrected chi connectivity index (χ1v) is 21.0. The molecule has 9 aromatic rings. The minimum Gasteiger partial charge on any atom is -0.456 e. The number of anilines is 3. The van der Waals surface area contributed by atoms with Gasteiger partial charge in [-0.25, -0.2) is 0 Å². The van der Waals surface area contributed by atoms with E-state index in [1.807, 2.05) is 23.5 Å². The highest BCUT2D eigenvalue weighted by atomic mass is 32.1. The number of furan rings is 1. The highest BCUT2D eigenvalue weighted by Crippen LogP contribution is 2.49. The maximum absolute atomic E-state index is 6.27. The smallest absolute Gasteiger partial charge is 0.136 e. The van der Waals surface area contributed by atoms with E-state index < -0.39 is 0 Å². The number of hydrogen-bond acceptors (Lipinski definition) is 4. The summed E-state index contributed by atoms with van der Waals surface area (Å²) >= 11 is 1.87. The van der Waals surface area contributed by atoms with Gasteiger partial charge in [0.05, 0.1) is 12.1 Å². The molecule has 3 nitrogen and oxygen atoms in total. The Balaban J connectivity index is 0.921. The van der Waals surface area contributed by atoms with Crippen LogP contribution in [0.25, 0.3) is 58.8 Å². The molecule has 0 bridgehead atoms. The Morgan fingerprint density at radius 3 is 2.19 bits per heavy atom. The van der Waals surface area contributed by atoms with Gasteiger partial charge in [-0.1, -0.05) is 121 Å². The minimum atomic E-state index is 0.133. The average molecular weight is 763 g/mol. The van der Waals surface area contributed by atoms with E-state index in [-0.39, 0.29) is 18.0 Å². The molecule has 3 unspecified atom stereocenters. The fourth-order valence-electron chi connectivity index (χ4n) is 9.56. The molecule has 0 spiro atoms. The molecular weight excluding hydrogens is 725 g/mol. The van der Waals surface area contributed by atoms with Crippen molar-refractivity contribution in [3.63, 3.8) is 0 Å². The van der Waals surface area contributed by atoms with Gasteiger partial charge in [0.2, 0.25) is 0 Å². The molecule has 58 heavy (non-hydrogen) atoms. The van der Waals surface area contributed by atoms with Gasteiger partial charge < -0.3 is 14.2 Å². The molecular formula is C54H38N2OS. The predicted octanol–water partition coefficient (Wildman–Crippen LogP) is 14.6. The second-order valence-electron chi connectivity index (χ2n) is 15.6. The third kappa shape index (κ3) is 5.40. The molecule has 276 valence electrons. The van der Waals surface area contributed by atoms with Crippen molar-refractivity contribution in [3.8, 4) is 11.1 Å². The Morgan fingerprint density at radius 2 is 1.31 bits per heavy atom. The van der Waals surface area contributed by atoms with Crippen LogP contribution in [0, 0.1) is 0 Å². The van der Waals surface area contributed by atoms with Crippen molar-refractivity contribution >= 4 is 76.1 Å². The van der Waals surface area contributed by atoms with Crippen LogP contribution in [0.4, 0.5) is 17.1 Å². The van der Waals surface area contributed by atoms with Crippen molar-refractivity contribution in [2.75, 3.05) is 9.80 Å². The quantitative estimate of drug-likeness (QED) is 0.168. The molecule has 4 heteroatoms. The first-order chi connectivity index (χ1) is 28.7. The monoisotopic (exact) mass is 762 g/mol. The second-order valence-corrected chi connectivity index (χ2v) is 16.7. The van der Waals surface area contributed by atoms with E-state index in [2.05, 4.69) is 198 Å². The van der Waals surface area contributed by atoms with E-state index in [0.29, 0.717) is 0 Å². The van der Waals surface area contributed by atoms with E-state index in [1.54, 1.807) is 0 Å². The van der Waals surface area contributed by atoms with Gasteiger partial charge in [0.15, 0.2) is 0 Å². The standard InChI is InChI=1S/C54H38N2OS/c1-2-10-39(11-3-1)56-49-15-7-4-12-43(49)44-30-28-42(34-50(44)56)55(40-24-18-35(19-25-40)37-23-31-54-48(32-37)47-14-6-9-17-53(47)58-54)41-26-20-36(21-27-41)38-22-29-46-45-13-5-8-16-51(45)57-52(46)33-38/h1-24,26-34,40,44,50H,25H2. The fourth-order valence-corrected chi connectivity index (χ4v) is 10.6. The third-order valence-electron chi connectivity index (χ3n) is 12.3. The molecule has 12 rings (SSSR count). The van der Waals surface area contributed by atoms with E-state index >= 15 is 0 Å². The molecule has 1 aliphatic heterocycles. The molecule has 0 N–H and O–H groups in total. The van der Waals surface area contributed by atoms with Crippen LogP contribution >= 0.6 is 11.3 Å². The molecule has 0 saturated carbocycles. The van der Waals surface area contributed by atoms with Crippen LogP contribution in [0.3, 0.4) is 0 Å². The van der Waals surface area contributed by atoms with Crippen molar-refractivity contribution in [2.24, 2.45) is 0 Å². The number of fused-ring (bicyclic) bond motifs is 9. The number of rotatable bonds is 6. The normalized spacial score (nSPS) is 18.5. The molecule has 0 fully saturated rings. The number of thiophene rings is 1. The number of nitrogens with zero attached hydrogens (tertiary/aromatic N) is 2. The summed E-state index contributed by atoms with van der Waals surface area (Å²) in [5.41, 5.74) is 12.9. The summed E-state index contributed by atoms with van der Waals surface area (Å²) < 4.78 is 8.95. The lowest BCUT2D eigenvalue weighted by molar-refractivity contribution is 0.669. The molecule has 3 aliphatic rings. The largest absolute Gasteiger partial charge is 0.456 e. The summed E-state index contributed by atoms with van der Waals surface area (Å²) in [7, 11) is 0. The molecule has 3 atom stereocenters. The first kappa shape index (κ1) is 33.3. The van der Waals surface area contributed by atoms with Crippen LogP contribution < -0.4 is 9.80 Å². The molecule has 3 heterocycles. The average Bonchev–Trinajstić information content (AvgIpc) is 3.96. The summed E-state index contributed by atoms with van der Waals surface area (Å²) in [5, 5.41) is 4.97. The van der Waals surface area contributed by atoms with E-state index in [0.717, 1.165) is 33.9 Å². The lowest BCUT2D eigenvalue weighted by Gasteiger charge is -2.37. The lowest BCUT2D eigenvalue weighted by Crippen LogP contribution is -2.37. The third-order valence-corrected chi connectivity index (χ3v) is 13.5. The molecule has 2 aliphatic carbocycles. The van der Waals surface area contributed by atoms with Crippen molar-refractivity contribution < 1.29 is 4.42 Å². The van der Waals surface area contributed by atoms with Crippen LogP contribution in [0.1, 0.15) is 23.5 Å². The highest BCUT2D eigenvalue weighted by molar-refractivity contribution is 7.25. The fraction of sp³-hybridized carbons (Fsp3) is 0.0741. The van der Waals surface area contributed by atoms with Crippen LogP contribution in [0.5, 0.6) is 0 Å². The van der Waals surface area contributed by atoms with Crippen molar-refractivity contribution in [1.82, 2.24) is 0 Å². The van der Waals surface area contributed by atoms with Gasteiger partial charge >= 0.3 is 0 Å². The SMILES string of the molecule is C1=CC(N(C2=CC3C(C=C2)c2ccccc2N3c2ccccc2)c2ccc(-c3ccc4c(c3)oc3ccccc34)cc2)CC=C1c1ccc2sc3ccccc3c2c1. The summed E-state index contributed by atoms with van der Waals surface area (Å²) in [4.78, 5) is 5.07. The number of para-hydroxylation sites is 3. The Morgan fingerprint density at radius 1 is 0.569 bits per heavy atom. The Bertz CT molecular complexity index is 3180. The first-order valence-electron chi connectivity index (χ1n) is 20.2. The van der Waals surface area contributed by atoms with Crippen molar-refractivity contribution in [1.29, 1.82) is 0 Å². The van der Waals surface area contributed by atoms with E-state index in [1.165, 1.54) is 65.2 Å². The van der Waals surface area contributed by atoms with Gasteiger partial charge in [0.1, 0.15) is 11.2 Å². The van der Waals surface area contributed by atoms with Crippen molar-refractivity contribution in [2.45, 2.75) is 24.4 Å². The molecule has 0 radical (unpaired) electrons. The van der Waals surface area contributed by atoms with Crippen LogP contribution in [-0.2, 0) is 0 Å². The second kappa shape index (κ2) is 13.4. The van der Waals surface area contributed by atoms with Crippen LogP contribution in [0.15, 0.2) is 210 Å². The number of allylic oxidation sites excluding steroid dienone is 3. The van der Waals surface area contributed by atoms with Crippen molar-refractivity contribution in [3.05, 3.63) is 217 Å². The van der Waals surface area contributed by atoms with Gasteiger partial charge in [-0.15, -0.1) is 11.3 Å². The Labute approximate surface area is 341 Å². The van der Waals surface area contributed by atoms with Gasteiger partial charge in [0.25, 0.3) is 0 Å². The summed E-state index contributed by atoms with van der Waals surface area (Å²) in [5.74, 6) is 0.272. The summed E-state index contributed by atoms with van der Waals surface area (Å²) in [6, 6.07) is 59.7. The zero-order valence-electron chi connectivity index (χ0n) is 31.7. The maximum atomic E-state index is 6.27. The summed E-state index contributed by atoms with van der Waals surface area (Å²) in [6.07, 6.45) is 15.4. The number of benzene rings is 7. The maximum Gasteiger partial charge on any atom is 0.136 e. The van der Waals surface area contributed by atoms with Crippen LogP contribution in [0.2, 0.25) is 0 Å². The lowest BCUT2D eigenvalue weighted by atomic mass is 9.89. The van der Waals surface area contributed by atoms with Crippen LogP contribution in [-0.4, -0.2) is 12.1 Å². The number of hydrogen-bond donors (Lipinski definition) is 0. The molecule has 2 aromatic heterocycles. The highest BCUT2D eigenvalue weighted by Gasteiger charge is 2.39. The van der Waals surface area contributed by atoms with E-state index in [4.69, 9.17) is 4.42 Å². The van der Waals surface area contributed by atoms with Gasteiger partial charge in [0, 0.05) is 59.6 Å². The molecule has 0 amide bonds. The topological polar surface area (TPSA) is 19.6 Å².